The molecule has 17 heavy (non-hydrogen) atoms. The van der Waals surface area contributed by atoms with E-state index in [1.165, 1.54) is 12.8 Å². The van der Waals surface area contributed by atoms with Crippen LogP contribution in [0.3, 0.4) is 0 Å². The molecule has 0 aliphatic heterocycles. The lowest BCUT2D eigenvalue weighted by atomic mass is 10.1. The van der Waals surface area contributed by atoms with E-state index in [9.17, 15) is 9.59 Å². The van der Waals surface area contributed by atoms with Gasteiger partial charge in [0.2, 0.25) is 5.91 Å². The van der Waals surface area contributed by atoms with Gasteiger partial charge in [0.15, 0.2) is 0 Å². The summed E-state index contributed by atoms with van der Waals surface area (Å²) in [5, 5.41) is 2.74. The monoisotopic (exact) mass is 243 g/mol. The summed E-state index contributed by atoms with van der Waals surface area (Å²) in [6.07, 6.45) is 6.22. The molecule has 0 rings (SSSR count). The minimum absolute atomic E-state index is 0.0487. The molecule has 0 aliphatic rings. The average Bonchev–Trinajstić information content (AvgIpc) is 2.31. The molecule has 4 nitrogen and oxygen atoms in total. The molecule has 0 aliphatic carbocycles. The average molecular weight is 243 g/mol. The van der Waals surface area contributed by atoms with Crippen LogP contribution in [0.15, 0.2) is 0 Å². The molecule has 0 aromatic heterocycles. The second-order valence-electron chi connectivity index (χ2n) is 4.13. The van der Waals surface area contributed by atoms with Gasteiger partial charge >= 0.3 is 5.97 Å². The first kappa shape index (κ1) is 15.9. The highest BCUT2D eigenvalue weighted by Gasteiger charge is 2.02. The standard InChI is InChI=1S/C13H25NO3/c1-3-5-6-7-9-12(15)14-10-11-17-13(16)8-4-2/h3-11H2,1-2H3,(H,14,15). The molecule has 0 fully saturated rings. The number of amides is 1. The quantitative estimate of drug-likeness (QED) is 0.473. The molecule has 0 bridgehead atoms. The molecule has 0 heterocycles. The number of unbranched alkanes of at least 4 members (excludes halogenated alkanes) is 3. The summed E-state index contributed by atoms with van der Waals surface area (Å²) >= 11 is 0. The second kappa shape index (κ2) is 11.4. The van der Waals surface area contributed by atoms with Crippen LogP contribution < -0.4 is 5.32 Å². The lowest BCUT2D eigenvalue weighted by Crippen LogP contribution is -2.27. The highest BCUT2D eigenvalue weighted by Crippen LogP contribution is 2.01. The molecular weight excluding hydrogens is 218 g/mol. The second-order valence-corrected chi connectivity index (χ2v) is 4.13. The Kier molecular flexibility index (Phi) is 10.7. The van der Waals surface area contributed by atoms with Crippen LogP contribution in [0.2, 0.25) is 0 Å². The van der Waals surface area contributed by atoms with Gasteiger partial charge in [-0.25, -0.2) is 0 Å². The molecule has 1 N–H and O–H groups in total. The van der Waals surface area contributed by atoms with E-state index in [4.69, 9.17) is 4.74 Å². The maximum Gasteiger partial charge on any atom is 0.305 e. The highest BCUT2D eigenvalue weighted by atomic mass is 16.5. The van der Waals surface area contributed by atoms with E-state index in [0.29, 0.717) is 19.4 Å². The third-order valence-corrected chi connectivity index (χ3v) is 2.40. The molecule has 0 aromatic rings. The predicted molar refractivity (Wildman–Crippen MR) is 67.6 cm³/mol. The van der Waals surface area contributed by atoms with E-state index >= 15 is 0 Å². The van der Waals surface area contributed by atoms with E-state index < -0.39 is 0 Å². The number of hydrogen-bond donors (Lipinski definition) is 1. The van der Waals surface area contributed by atoms with Crippen LogP contribution in [0.5, 0.6) is 0 Å². The molecule has 0 saturated heterocycles. The van der Waals surface area contributed by atoms with Crippen molar-refractivity contribution in [1.29, 1.82) is 0 Å². The molecule has 1 amide bonds. The van der Waals surface area contributed by atoms with E-state index in [2.05, 4.69) is 12.2 Å². The third-order valence-electron chi connectivity index (χ3n) is 2.40. The summed E-state index contributed by atoms with van der Waals surface area (Å²) in [5.41, 5.74) is 0. The van der Waals surface area contributed by atoms with Gasteiger partial charge in [0, 0.05) is 12.8 Å². The van der Waals surface area contributed by atoms with Gasteiger partial charge < -0.3 is 10.1 Å². The van der Waals surface area contributed by atoms with Crippen LogP contribution in [0.25, 0.3) is 0 Å². The fraction of sp³-hybridized carbons (Fsp3) is 0.846. The summed E-state index contributed by atoms with van der Waals surface area (Å²) in [4.78, 5) is 22.3. The van der Waals surface area contributed by atoms with Crippen molar-refractivity contribution in [2.24, 2.45) is 0 Å². The summed E-state index contributed by atoms with van der Waals surface area (Å²) in [7, 11) is 0. The van der Waals surface area contributed by atoms with Crippen LogP contribution >= 0.6 is 0 Å². The normalized spacial score (nSPS) is 10.0. The fourth-order valence-electron chi connectivity index (χ4n) is 1.43. The van der Waals surface area contributed by atoms with Gasteiger partial charge in [-0.1, -0.05) is 33.1 Å². The molecule has 0 atom stereocenters. The number of rotatable bonds is 10. The molecular formula is C13H25NO3. The number of esters is 1. The zero-order valence-corrected chi connectivity index (χ0v) is 11.1. The van der Waals surface area contributed by atoms with Crippen LogP contribution in [-0.4, -0.2) is 25.0 Å². The Morgan fingerprint density at radius 1 is 1.00 bits per heavy atom. The summed E-state index contributed by atoms with van der Waals surface area (Å²) in [6.45, 7) is 4.77. The first-order chi connectivity index (χ1) is 8.20. The van der Waals surface area contributed by atoms with Gasteiger partial charge in [0.25, 0.3) is 0 Å². The lowest BCUT2D eigenvalue weighted by Gasteiger charge is -2.06. The van der Waals surface area contributed by atoms with Crippen LogP contribution in [0.1, 0.15) is 58.8 Å². The van der Waals surface area contributed by atoms with Crippen molar-refractivity contribution in [2.45, 2.75) is 58.8 Å². The Bertz CT molecular complexity index is 217. The Morgan fingerprint density at radius 2 is 1.76 bits per heavy atom. The van der Waals surface area contributed by atoms with E-state index in [-0.39, 0.29) is 18.5 Å². The van der Waals surface area contributed by atoms with Gasteiger partial charge in [-0.15, -0.1) is 0 Å². The molecule has 0 aromatic carbocycles. The van der Waals surface area contributed by atoms with Gasteiger partial charge in [-0.05, 0) is 12.8 Å². The van der Waals surface area contributed by atoms with E-state index in [1.54, 1.807) is 0 Å². The Labute approximate surface area is 104 Å². The Morgan fingerprint density at radius 3 is 2.41 bits per heavy atom. The number of nitrogens with one attached hydrogen (secondary N) is 1. The molecule has 4 heteroatoms. The largest absolute Gasteiger partial charge is 0.464 e. The molecule has 0 radical (unpaired) electrons. The SMILES string of the molecule is CCCCCCC(=O)NCCOC(=O)CCC. The third kappa shape index (κ3) is 11.2. The zero-order chi connectivity index (χ0) is 12.9. The number of carbonyl (C=O) groups is 2. The van der Waals surface area contributed by atoms with Gasteiger partial charge in [-0.3, -0.25) is 9.59 Å². The number of carbonyl (C=O) groups excluding carboxylic acids is 2. The minimum Gasteiger partial charge on any atom is -0.464 e. The van der Waals surface area contributed by atoms with Crippen molar-refractivity contribution in [2.75, 3.05) is 13.2 Å². The zero-order valence-electron chi connectivity index (χ0n) is 11.1. The van der Waals surface area contributed by atoms with Crippen molar-refractivity contribution < 1.29 is 14.3 Å². The summed E-state index contributed by atoms with van der Waals surface area (Å²) in [6, 6.07) is 0. The van der Waals surface area contributed by atoms with Crippen LogP contribution in [-0.2, 0) is 14.3 Å². The summed E-state index contributed by atoms with van der Waals surface area (Å²) < 4.78 is 4.92. The topological polar surface area (TPSA) is 55.4 Å². The van der Waals surface area contributed by atoms with Crippen molar-refractivity contribution >= 4 is 11.9 Å². The minimum atomic E-state index is -0.190. The lowest BCUT2D eigenvalue weighted by molar-refractivity contribution is -0.144. The summed E-state index contributed by atoms with van der Waals surface area (Å²) in [5.74, 6) is -0.141. The maximum absolute atomic E-state index is 11.3. The van der Waals surface area contributed by atoms with Gasteiger partial charge in [0.1, 0.15) is 6.61 Å². The van der Waals surface area contributed by atoms with Crippen LogP contribution in [0, 0.1) is 0 Å². The van der Waals surface area contributed by atoms with Crippen molar-refractivity contribution in [3.63, 3.8) is 0 Å². The predicted octanol–water partition coefficient (Wildman–Crippen LogP) is 2.42. The Hall–Kier alpha value is -1.06. The number of ether oxygens (including phenoxy) is 1. The van der Waals surface area contributed by atoms with Gasteiger partial charge in [0.05, 0.1) is 6.54 Å². The number of hydrogen-bond acceptors (Lipinski definition) is 3. The molecule has 0 saturated carbocycles. The first-order valence-electron chi connectivity index (χ1n) is 6.63. The molecule has 100 valence electrons. The first-order valence-corrected chi connectivity index (χ1v) is 6.63. The molecule has 0 spiro atoms. The smallest absolute Gasteiger partial charge is 0.305 e. The van der Waals surface area contributed by atoms with Crippen molar-refractivity contribution in [1.82, 2.24) is 5.32 Å². The van der Waals surface area contributed by atoms with E-state index in [0.717, 1.165) is 19.3 Å². The molecule has 0 unspecified atom stereocenters. The Balaban J connectivity index is 3.30. The van der Waals surface area contributed by atoms with Crippen molar-refractivity contribution in [3.8, 4) is 0 Å². The van der Waals surface area contributed by atoms with Gasteiger partial charge in [-0.2, -0.15) is 0 Å². The van der Waals surface area contributed by atoms with Crippen LogP contribution in [0.4, 0.5) is 0 Å². The highest BCUT2D eigenvalue weighted by molar-refractivity contribution is 5.75. The van der Waals surface area contributed by atoms with E-state index in [1.807, 2.05) is 6.92 Å². The van der Waals surface area contributed by atoms with Crippen molar-refractivity contribution in [3.05, 3.63) is 0 Å². The maximum atomic E-state index is 11.3. The fourth-order valence-corrected chi connectivity index (χ4v) is 1.43.